The van der Waals surface area contributed by atoms with Crippen LogP contribution in [0, 0.1) is 0 Å². The average Bonchev–Trinajstić information content (AvgIpc) is 3.02. The zero-order valence-corrected chi connectivity index (χ0v) is 11.0. The topological polar surface area (TPSA) is 74.7 Å². The summed E-state index contributed by atoms with van der Waals surface area (Å²) in [6.45, 7) is 0.207. The zero-order chi connectivity index (χ0) is 14.3. The van der Waals surface area contributed by atoms with Crippen molar-refractivity contribution in [2.75, 3.05) is 0 Å². The number of aromatic carboxylic acids is 1. The van der Waals surface area contributed by atoms with Gasteiger partial charge >= 0.3 is 5.97 Å². The van der Waals surface area contributed by atoms with E-state index in [2.05, 4.69) is 0 Å². The number of hydrogen-bond acceptors (Lipinski definition) is 4. The molecule has 2 heterocycles. The summed E-state index contributed by atoms with van der Waals surface area (Å²) in [4.78, 5) is 36.5. The minimum absolute atomic E-state index is 0.00211. The van der Waals surface area contributed by atoms with Crippen LogP contribution in [-0.2, 0) is 6.54 Å². The number of benzene rings is 1. The molecular weight excluding hydrogens is 278 g/mol. The van der Waals surface area contributed by atoms with Crippen molar-refractivity contribution in [3.8, 4) is 0 Å². The number of carbonyl (C=O) groups is 3. The van der Waals surface area contributed by atoms with Gasteiger partial charge in [0.15, 0.2) is 0 Å². The molecule has 1 aliphatic rings. The van der Waals surface area contributed by atoms with Crippen LogP contribution in [0.25, 0.3) is 0 Å². The number of carboxylic acid groups (broad SMARTS) is 1. The predicted molar refractivity (Wildman–Crippen MR) is 71.9 cm³/mol. The van der Waals surface area contributed by atoms with Gasteiger partial charge in [-0.15, -0.1) is 0 Å². The van der Waals surface area contributed by atoms with Gasteiger partial charge in [-0.2, -0.15) is 11.3 Å². The summed E-state index contributed by atoms with van der Waals surface area (Å²) in [7, 11) is 0. The smallest absolute Gasteiger partial charge is 0.335 e. The lowest BCUT2D eigenvalue weighted by Gasteiger charge is -2.12. The molecule has 0 aliphatic carbocycles. The quantitative estimate of drug-likeness (QED) is 0.878. The van der Waals surface area contributed by atoms with Crippen LogP contribution >= 0.6 is 11.3 Å². The largest absolute Gasteiger partial charge is 0.478 e. The van der Waals surface area contributed by atoms with Crippen LogP contribution in [0.1, 0.15) is 36.6 Å². The van der Waals surface area contributed by atoms with Crippen LogP contribution in [0.5, 0.6) is 0 Å². The fourth-order valence-corrected chi connectivity index (χ4v) is 2.79. The second-order valence-corrected chi connectivity index (χ2v) is 5.17. The summed E-state index contributed by atoms with van der Waals surface area (Å²) in [5, 5.41) is 12.7. The van der Waals surface area contributed by atoms with Gasteiger partial charge in [-0.05, 0) is 40.6 Å². The molecule has 3 rings (SSSR count). The van der Waals surface area contributed by atoms with Crippen molar-refractivity contribution in [2.45, 2.75) is 6.54 Å². The summed E-state index contributed by atoms with van der Waals surface area (Å²) in [5.74, 6) is -1.95. The number of carbonyl (C=O) groups excluding carboxylic acids is 2. The minimum Gasteiger partial charge on any atom is -0.478 e. The second-order valence-electron chi connectivity index (χ2n) is 4.39. The van der Waals surface area contributed by atoms with Crippen LogP contribution in [-0.4, -0.2) is 27.8 Å². The molecule has 0 unspecified atom stereocenters. The van der Waals surface area contributed by atoms with Gasteiger partial charge in [-0.1, -0.05) is 0 Å². The third kappa shape index (κ3) is 1.90. The highest BCUT2D eigenvalue weighted by Gasteiger charge is 2.35. The Balaban J connectivity index is 1.97. The number of fused-ring (bicyclic) bond motifs is 1. The Morgan fingerprint density at radius 1 is 1.15 bits per heavy atom. The molecule has 1 aromatic carbocycles. The summed E-state index contributed by atoms with van der Waals surface area (Å²) in [6, 6.07) is 5.83. The number of nitrogens with zero attached hydrogens (tertiary/aromatic N) is 1. The molecule has 0 saturated carbocycles. The molecule has 6 heteroatoms. The van der Waals surface area contributed by atoms with Crippen molar-refractivity contribution in [1.29, 1.82) is 0 Å². The number of thiophene rings is 1. The van der Waals surface area contributed by atoms with Gasteiger partial charge in [-0.3, -0.25) is 14.5 Å². The van der Waals surface area contributed by atoms with Crippen molar-refractivity contribution in [3.63, 3.8) is 0 Å². The summed E-state index contributed by atoms with van der Waals surface area (Å²) in [5.41, 5.74) is 1.30. The van der Waals surface area contributed by atoms with Gasteiger partial charge in [0.1, 0.15) is 0 Å². The first-order chi connectivity index (χ1) is 9.58. The van der Waals surface area contributed by atoms with E-state index >= 15 is 0 Å². The number of hydrogen-bond donors (Lipinski definition) is 1. The molecule has 0 radical (unpaired) electrons. The first kappa shape index (κ1) is 12.6. The standard InChI is InChI=1S/C14H9NO4S/c16-12-10-2-1-9(14(18)19)5-11(10)13(17)15(12)6-8-3-4-20-7-8/h1-5,7H,6H2,(H,18,19). The molecule has 0 fully saturated rings. The normalized spacial score (nSPS) is 13.7. The monoisotopic (exact) mass is 287 g/mol. The molecule has 2 amide bonds. The SMILES string of the molecule is O=C(O)c1ccc2c(c1)C(=O)N(Cc1ccsc1)C2=O. The highest BCUT2D eigenvalue weighted by molar-refractivity contribution is 7.07. The maximum Gasteiger partial charge on any atom is 0.335 e. The molecule has 20 heavy (non-hydrogen) atoms. The van der Waals surface area contributed by atoms with Crippen LogP contribution in [0.3, 0.4) is 0 Å². The van der Waals surface area contributed by atoms with E-state index in [1.54, 1.807) is 0 Å². The Morgan fingerprint density at radius 3 is 2.55 bits per heavy atom. The highest BCUT2D eigenvalue weighted by atomic mass is 32.1. The number of imide groups is 1. The van der Waals surface area contributed by atoms with Crippen molar-refractivity contribution >= 4 is 29.1 Å². The van der Waals surface area contributed by atoms with E-state index in [-0.39, 0.29) is 29.1 Å². The van der Waals surface area contributed by atoms with Crippen molar-refractivity contribution in [3.05, 3.63) is 57.3 Å². The van der Waals surface area contributed by atoms with Gasteiger partial charge in [0.05, 0.1) is 23.2 Å². The van der Waals surface area contributed by atoms with Gasteiger partial charge in [0.25, 0.3) is 11.8 Å². The summed E-state index contributed by atoms with van der Waals surface area (Å²) < 4.78 is 0. The van der Waals surface area contributed by atoms with E-state index in [9.17, 15) is 14.4 Å². The Kier molecular flexibility index (Phi) is 2.87. The zero-order valence-electron chi connectivity index (χ0n) is 10.2. The summed E-state index contributed by atoms with van der Waals surface area (Å²) >= 11 is 1.49. The molecule has 5 nitrogen and oxygen atoms in total. The number of carboxylic acids is 1. The first-order valence-corrected chi connectivity index (χ1v) is 6.77. The highest BCUT2D eigenvalue weighted by Crippen LogP contribution is 2.26. The Bertz CT molecular complexity index is 721. The molecular formula is C14H9NO4S. The van der Waals surface area contributed by atoms with E-state index in [0.29, 0.717) is 0 Å². The van der Waals surface area contributed by atoms with Crippen molar-refractivity contribution in [1.82, 2.24) is 4.90 Å². The van der Waals surface area contributed by atoms with Gasteiger partial charge < -0.3 is 5.11 Å². The third-order valence-corrected chi connectivity index (χ3v) is 3.87. The van der Waals surface area contributed by atoms with Crippen LogP contribution in [0.4, 0.5) is 0 Å². The molecule has 100 valence electrons. The molecule has 0 bridgehead atoms. The predicted octanol–water partition coefficient (Wildman–Crippen LogP) is 2.24. The van der Waals surface area contributed by atoms with E-state index in [1.807, 2.05) is 16.8 Å². The van der Waals surface area contributed by atoms with Crippen molar-refractivity contribution in [2.24, 2.45) is 0 Å². The maximum absolute atomic E-state index is 12.2. The molecule has 0 atom stereocenters. The molecule has 0 spiro atoms. The molecule has 2 aromatic rings. The van der Waals surface area contributed by atoms with Gasteiger partial charge in [-0.25, -0.2) is 4.79 Å². The fourth-order valence-electron chi connectivity index (χ4n) is 2.13. The van der Waals surface area contributed by atoms with Crippen LogP contribution < -0.4 is 0 Å². The summed E-state index contributed by atoms with van der Waals surface area (Å²) in [6.07, 6.45) is 0. The lowest BCUT2D eigenvalue weighted by Crippen LogP contribution is -2.28. The Morgan fingerprint density at radius 2 is 1.90 bits per heavy atom. The van der Waals surface area contributed by atoms with Gasteiger partial charge in [0.2, 0.25) is 0 Å². The molecule has 1 N–H and O–H groups in total. The van der Waals surface area contributed by atoms with E-state index < -0.39 is 11.9 Å². The lowest BCUT2D eigenvalue weighted by molar-refractivity contribution is 0.0641. The average molecular weight is 287 g/mol. The van der Waals surface area contributed by atoms with Crippen molar-refractivity contribution < 1.29 is 19.5 Å². The van der Waals surface area contributed by atoms with Gasteiger partial charge in [0, 0.05) is 0 Å². The molecule has 1 aliphatic heterocycles. The first-order valence-electron chi connectivity index (χ1n) is 5.82. The van der Waals surface area contributed by atoms with Crippen LogP contribution in [0.15, 0.2) is 35.0 Å². The minimum atomic E-state index is -1.12. The maximum atomic E-state index is 12.2. The Labute approximate surface area is 118 Å². The molecule has 0 saturated heterocycles. The number of rotatable bonds is 3. The van der Waals surface area contributed by atoms with Crippen LogP contribution in [0.2, 0.25) is 0 Å². The Hall–Kier alpha value is -2.47. The second kappa shape index (κ2) is 4.57. The van der Waals surface area contributed by atoms with E-state index in [4.69, 9.17) is 5.11 Å². The fraction of sp³-hybridized carbons (Fsp3) is 0.0714. The van der Waals surface area contributed by atoms with E-state index in [0.717, 1.165) is 10.5 Å². The lowest BCUT2D eigenvalue weighted by atomic mass is 10.1. The van der Waals surface area contributed by atoms with E-state index in [1.165, 1.54) is 29.5 Å². The third-order valence-electron chi connectivity index (χ3n) is 3.14. The molecule has 1 aromatic heterocycles. The number of amides is 2.